The molecule has 0 bridgehead atoms. The molecule has 0 aliphatic carbocycles. The Hall–Kier alpha value is -2.34. The van der Waals surface area contributed by atoms with Gasteiger partial charge in [0.25, 0.3) is 0 Å². The van der Waals surface area contributed by atoms with Crippen LogP contribution in [0.5, 0.6) is 11.5 Å². The van der Waals surface area contributed by atoms with Gasteiger partial charge in [0, 0.05) is 24.6 Å². The van der Waals surface area contributed by atoms with Gasteiger partial charge in [0.05, 0.1) is 7.11 Å². The topological polar surface area (TPSA) is 84.9 Å². The summed E-state index contributed by atoms with van der Waals surface area (Å²) in [6.07, 6.45) is 16.6. The Morgan fingerprint density at radius 2 is 1.74 bits per heavy atom. The van der Waals surface area contributed by atoms with Gasteiger partial charge >= 0.3 is 5.97 Å². The second-order valence-electron chi connectivity index (χ2n) is 9.54. The lowest BCUT2D eigenvalue weighted by Crippen LogP contribution is -2.50. The Morgan fingerprint density at radius 3 is 2.38 bits per heavy atom. The van der Waals surface area contributed by atoms with Gasteiger partial charge in [-0.2, -0.15) is 0 Å². The van der Waals surface area contributed by atoms with E-state index in [1.165, 1.54) is 70.6 Å². The van der Waals surface area contributed by atoms with E-state index < -0.39 is 0 Å². The van der Waals surface area contributed by atoms with E-state index in [0.29, 0.717) is 17.6 Å². The van der Waals surface area contributed by atoms with Gasteiger partial charge in [-0.05, 0) is 63.3 Å². The summed E-state index contributed by atoms with van der Waals surface area (Å²) in [6.45, 7) is 3.76. The van der Waals surface area contributed by atoms with Gasteiger partial charge < -0.3 is 24.7 Å². The highest BCUT2D eigenvalue weighted by atomic mass is 16.5. The first-order valence-corrected chi connectivity index (χ1v) is 12.9. The smallest absolute Gasteiger partial charge is 0.331 e. The molecule has 0 radical (unpaired) electrons. The molecule has 190 valence electrons. The van der Waals surface area contributed by atoms with Crippen LogP contribution in [-0.2, 0) is 14.3 Å². The largest absolute Gasteiger partial charge is 0.504 e. The van der Waals surface area contributed by atoms with Crippen LogP contribution in [-0.4, -0.2) is 42.2 Å². The van der Waals surface area contributed by atoms with Gasteiger partial charge in [0.1, 0.15) is 11.9 Å². The van der Waals surface area contributed by atoms with Crippen molar-refractivity contribution < 1.29 is 24.2 Å². The number of nitrogens with one attached hydrogen (secondary N) is 1. The zero-order valence-electron chi connectivity index (χ0n) is 21.2. The van der Waals surface area contributed by atoms with Crippen LogP contribution >= 0.6 is 0 Å². The molecule has 0 unspecified atom stereocenters. The number of hydrogen-bond donors (Lipinski definition) is 2. The number of aromatic hydroxyl groups is 1. The molecule has 34 heavy (non-hydrogen) atoms. The number of phenolic OH excluding ortho intramolecular Hbond substituents is 1. The number of rotatable bonds is 15. The minimum Gasteiger partial charge on any atom is -0.504 e. The van der Waals surface area contributed by atoms with Gasteiger partial charge in [-0.25, -0.2) is 4.79 Å². The van der Waals surface area contributed by atoms with Crippen LogP contribution in [0.2, 0.25) is 0 Å². The normalized spacial score (nSPS) is 20.4. The van der Waals surface area contributed by atoms with Crippen LogP contribution in [0.1, 0.15) is 96.5 Å². The van der Waals surface area contributed by atoms with Crippen molar-refractivity contribution >= 4 is 17.8 Å². The van der Waals surface area contributed by atoms with Gasteiger partial charge in [0.15, 0.2) is 11.5 Å². The predicted octanol–water partition coefficient (Wildman–Crippen LogP) is 5.96. The van der Waals surface area contributed by atoms with Crippen LogP contribution in [0.4, 0.5) is 0 Å². The number of piperidine rings is 1. The molecule has 1 aliphatic heterocycles. The minimum absolute atomic E-state index is 0.0661. The Bertz CT molecular complexity index is 791. The van der Waals surface area contributed by atoms with Crippen molar-refractivity contribution in [1.29, 1.82) is 0 Å². The summed E-state index contributed by atoms with van der Waals surface area (Å²) in [7, 11) is 1.49. The molecule has 1 aromatic carbocycles. The second-order valence-corrected chi connectivity index (χ2v) is 9.54. The van der Waals surface area contributed by atoms with Crippen LogP contribution in [0, 0.1) is 0 Å². The molecule has 0 amide bonds. The Kier molecular flexibility index (Phi) is 12.8. The zero-order chi connectivity index (χ0) is 24.8. The first kappa shape index (κ1) is 27.9. The molecule has 1 heterocycles. The number of ketones is 1. The van der Waals surface area contributed by atoms with E-state index in [-0.39, 0.29) is 23.9 Å². The number of benzene rings is 1. The van der Waals surface area contributed by atoms with Crippen molar-refractivity contribution in [2.45, 2.75) is 109 Å². The fourth-order valence-corrected chi connectivity index (χ4v) is 4.54. The molecule has 0 saturated carbocycles. The van der Waals surface area contributed by atoms with Crippen molar-refractivity contribution in [3.63, 3.8) is 0 Å². The van der Waals surface area contributed by atoms with Crippen LogP contribution in [0.15, 0.2) is 24.3 Å². The highest BCUT2D eigenvalue weighted by molar-refractivity contribution is 5.87. The first-order chi connectivity index (χ1) is 16.4. The Balaban J connectivity index is 1.58. The summed E-state index contributed by atoms with van der Waals surface area (Å²) < 4.78 is 10.8. The summed E-state index contributed by atoms with van der Waals surface area (Å²) in [4.78, 5) is 23.2. The summed E-state index contributed by atoms with van der Waals surface area (Å²) in [5.74, 6) is 0.383. The van der Waals surface area contributed by atoms with Crippen LogP contribution in [0.3, 0.4) is 0 Å². The van der Waals surface area contributed by atoms with Crippen LogP contribution in [0.25, 0.3) is 6.08 Å². The number of phenols is 1. The maximum atomic E-state index is 12.3. The van der Waals surface area contributed by atoms with Gasteiger partial charge in [-0.15, -0.1) is 0 Å². The lowest BCUT2D eigenvalue weighted by atomic mass is 9.93. The van der Waals surface area contributed by atoms with Crippen molar-refractivity contribution in [2.75, 3.05) is 7.11 Å². The van der Waals surface area contributed by atoms with E-state index in [9.17, 15) is 14.7 Å². The number of unbranched alkanes of at least 4 members (excludes halogenated alkanes) is 7. The number of Topliss-reactive ketones (excluding diaryl/α,β-unsaturated/α-hetero) is 1. The molecule has 1 aliphatic rings. The standard InChI is InChI=1S/C28H43NO5/c1-21(30)12-10-8-6-4-5-7-9-11-13-24-16-18-26(22(2)29-24)34-28(32)19-15-23-14-17-25(31)27(20-23)33-3/h14-15,17,19-20,22,24,26,29,31H,4-13,16,18H2,1-3H3/t22-,24+,26-/m1/s1. The van der Waals surface area contributed by atoms with Crippen molar-refractivity contribution in [2.24, 2.45) is 0 Å². The summed E-state index contributed by atoms with van der Waals surface area (Å²) >= 11 is 0. The predicted molar refractivity (Wildman–Crippen MR) is 136 cm³/mol. The lowest BCUT2D eigenvalue weighted by Gasteiger charge is -2.35. The lowest BCUT2D eigenvalue weighted by molar-refractivity contribution is -0.145. The molecule has 2 N–H and O–H groups in total. The number of methoxy groups -OCH3 is 1. The van der Waals surface area contributed by atoms with E-state index in [1.54, 1.807) is 25.1 Å². The summed E-state index contributed by atoms with van der Waals surface area (Å²) in [5, 5.41) is 13.3. The molecule has 3 atom stereocenters. The number of carbonyl (C=O) groups excluding carboxylic acids is 2. The molecule has 1 aromatic rings. The third-order valence-electron chi connectivity index (χ3n) is 6.57. The van der Waals surface area contributed by atoms with Gasteiger partial charge in [-0.1, -0.05) is 51.0 Å². The third-order valence-corrected chi connectivity index (χ3v) is 6.57. The number of ether oxygens (including phenoxy) is 2. The van der Waals surface area contributed by atoms with E-state index in [1.807, 2.05) is 0 Å². The number of esters is 1. The molecule has 1 saturated heterocycles. The monoisotopic (exact) mass is 473 g/mol. The van der Waals surface area contributed by atoms with Crippen molar-refractivity contribution in [3.05, 3.63) is 29.8 Å². The Labute approximate surface area is 205 Å². The molecule has 6 nitrogen and oxygen atoms in total. The summed E-state index contributed by atoms with van der Waals surface area (Å²) in [6, 6.07) is 5.56. The highest BCUT2D eigenvalue weighted by Crippen LogP contribution is 2.27. The fourth-order valence-electron chi connectivity index (χ4n) is 4.54. The Morgan fingerprint density at radius 1 is 1.06 bits per heavy atom. The SMILES string of the molecule is COc1cc(C=CC(=O)O[C@@H]2CC[C@H](CCCCCCCCCCC(C)=O)N[C@@H]2C)ccc1O. The molecule has 0 spiro atoms. The van der Waals surface area contributed by atoms with Gasteiger partial charge in [-0.3, -0.25) is 0 Å². The second kappa shape index (κ2) is 15.5. The molecular formula is C28H43NO5. The summed E-state index contributed by atoms with van der Waals surface area (Å²) in [5.41, 5.74) is 0.759. The quantitative estimate of drug-likeness (QED) is 0.186. The van der Waals surface area contributed by atoms with E-state index >= 15 is 0 Å². The average molecular weight is 474 g/mol. The van der Waals surface area contributed by atoms with E-state index in [2.05, 4.69) is 12.2 Å². The molecular weight excluding hydrogens is 430 g/mol. The molecule has 2 rings (SSSR count). The number of carbonyl (C=O) groups is 2. The first-order valence-electron chi connectivity index (χ1n) is 12.9. The molecule has 0 aromatic heterocycles. The average Bonchev–Trinajstić information content (AvgIpc) is 2.81. The third kappa shape index (κ3) is 10.7. The minimum atomic E-state index is -0.356. The fraction of sp³-hybridized carbons (Fsp3) is 0.643. The maximum absolute atomic E-state index is 12.3. The number of hydrogen-bond acceptors (Lipinski definition) is 6. The van der Waals surface area contributed by atoms with Gasteiger partial charge in [0.2, 0.25) is 0 Å². The highest BCUT2D eigenvalue weighted by Gasteiger charge is 2.28. The van der Waals surface area contributed by atoms with Crippen molar-refractivity contribution in [3.8, 4) is 11.5 Å². The zero-order valence-corrected chi connectivity index (χ0v) is 21.2. The molecule has 6 heteroatoms. The van der Waals surface area contributed by atoms with E-state index in [0.717, 1.165) is 31.2 Å². The van der Waals surface area contributed by atoms with Crippen molar-refractivity contribution in [1.82, 2.24) is 5.32 Å². The van der Waals surface area contributed by atoms with Crippen LogP contribution < -0.4 is 10.1 Å². The van der Waals surface area contributed by atoms with E-state index in [4.69, 9.17) is 9.47 Å². The maximum Gasteiger partial charge on any atom is 0.331 e. The molecule has 1 fully saturated rings.